The maximum Gasteiger partial charge on any atom is 0.275 e. The monoisotopic (exact) mass is 450 g/mol. The third-order valence-corrected chi connectivity index (χ3v) is 6.27. The summed E-state index contributed by atoms with van der Waals surface area (Å²) in [5.74, 6) is 0.442. The molecule has 0 radical (unpaired) electrons. The second-order valence-corrected chi connectivity index (χ2v) is 8.21. The summed E-state index contributed by atoms with van der Waals surface area (Å²) in [5, 5.41) is 20.6. The van der Waals surface area contributed by atoms with E-state index in [1.807, 2.05) is 12.1 Å². The number of hydrogen-bond acceptors (Lipinski definition) is 8. The van der Waals surface area contributed by atoms with Gasteiger partial charge in [-0.25, -0.2) is 4.98 Å². The summed E-state index contributed by atoms with van der Waals surface area (Å²) in [5.41, 5.74) is 1.86. The van der Waals surface area contributed by atoms with Crippen LogP contribution in [-0.2, 0) is 0 Å². The molecule has 3 aromatic heterocycles. The standard InChI is InChI=1S/C22H22N6O3S/c1-31-15-2-3-16-14(10-15)12-28(21(16)30)22-26-18(13-32-22)20(29)25-17-11-24-5-4-19(17)27-8-6-23-7-9-27/h2-5,10-13,23,30H,6-9H2,1H3,(H,25,29). The van der Waals surface area contributed by atoms with Gasteiger partial charge >= 0.3 is 0 Å². The Morgan fingerprint density at radius 3 is 2.94 bits per heavy atom. The number of carbonyl (C=O) groups is 1. The number of piperazine rings is 1. The van der Waals surface area contributed by atoms with E-state index in [0.29, 0.717) is 22.0 Å². The number of methoxy groups -OCH3 is 1. The molecule has 32 heavy (non-hydrogen) atoms. The van der Waals surface area contributed by atoms with Crippen molar-refractivity contribution in [3.05, 3.63) is 53.9 Å². The average molecular weight is 451 g/mol. The number of benzene rings is 1. The Kier molecular flexibility index (Phi) is 5.38. The number of ether oxygens (including phenoxy) is 1. The fourth-order valence-electron chi connectivity index (χ4n) is 3.78. The second kappa shape index (κ2) is 8.48. The number of fused-ring (bicyclic) bond motifs is 1. The van der Waals surface area contributed by atoms with Gasteiger partial charge in [-0.1, -0.05) is 0 Å². The maximum atomic E-state index is 12.9. The minimum absolute atomic E-state index is 0.0669. The van der Waals surface area contributed by atoms with E-state index in [1.165, 1.54) is 11.3 Å². The van der Waals surface area contributed by atoms with Crippen molar-refractivity contribution >= 4 is 39.4 Å². The van der Waals surface area contributed by atoms with Gasteiger partial charge in [0.05, 0.1) is 24.7 Å². The van der Waals surface area contributed by atoms with E-state index in [0.717, 1.165) is 37.3 Å². The van der Waals surface area contributed by atoms with Crippen molar-refractivity contribution in [3.63, 3.8) is 0 Å². The Hall–Kier alpha value is -3.63. The Balaban J connectivity index is 1.39. The van der Waals surface area contributed by atoms with Gasteiger partial charge in [0.15, 0.2) is 5.13 Å². The fourth-order valence-corrected chi connectivity index (χ4v) is 4.57. The first-order chi connectivity index (χ1) is 15.6. The highest BCUT2D eigenvalue weighted by Gasteiger charge is 2.19. The van der Waals surface area contributed by atoms with E-state index in [2.05, 4.69) is 25.5 Å². The summed E-state index contributed by atoms with van der Waals surface area (Å²) in [6.45, 7) is 3.51. The number of rotatable bonds is 5. The first-order valence-corrected chi connectivity index (χ1v) is 11.1. The minimum Gasteiger partial charge on any atom is -0.497 e. The smallest absolute Gasteiger partial charge is 0.275 e. The highest BCUT2D eigenvalue weighted by molar-refractivity contribution is 7.12. The summed E-state index contributed by atoms with van der Waals surface area (Å²) in [4.78, 5) is 23.8. The molecule has 1 saturated heterocycles. The van der Waals surface area contributed by atoms with Gasteiger partial charge in [0.25, 0.3) is 5.91 Å². The van der Waals surface area contributed by atoms with Gasteiger partial charge < -0.3 is 25.4 Å². The molecule has 0 bridgehead atoms. The van der Waals surface area contributed by atoms with Crippen molar-refractivity contribution in [2.45, 2.75) is 0 Å². The molecule has 3 N–H and O–H groups in total. The number of carbonyl (C=O) groups excluding carboxylic acids is 1. The maximum absolute atomic E-state index is 12.9. The highest BCUT2D eigenvalue weighted by atomic mass is 32.1. The Labute approximate surface area is 188 Å². The second-order valence-electron chi connectivity index (χ2n) is 7.38. The summed E-state index contributed by atoms with van der Waals surface area (Å²) in [7, 11) is 1.60. The van der Waals surface area contributed by atoms with Crippen LogP contribution in [0, 0.1) is 0 Å². The van der Waals surface area contributed by atoms with Gasteiger partial charge in [-0.3, -0.25) is 14.3 Å². The molecule has 9 nitrogen and oxygen atoms in total. The van der Waals surface area contributed by atoms with Crippen LogP contribution in [0.5, 0.6) is 11.6 Å². The number of anilines is 2. The predicted molar refractivity (Wildman–Crippen MR) is 124 cm³/mol. The molecule has 5 rings (SSSR count). The number of hydrogen-bond donors (Lipinski definition) is 3. The van der Waals surface area contributed by atoms with Crippen LogP contribution in [-0.4, -0.2) is 58.8 Å². The van der Waals surface area contributed by atoms with Crippen molar-refractivity contribution < 1.29 is 14.6 Å². The lowest BCUT2D eigenvalue weighted by Crippen LogP contribution is -2.43. The first kappa shape index (κ1) is 20.3. The Bertz CT molecular complexity index is 1280. The highest BCUT2D eigenvalue weighted by Crippen LogP contribution is 2.33. The van der Waals surface area contributed by atoms with Crippen LogP contribution in [0.25, 0.3) is 15.9 Å². The molecule has 4 heterocycles. The van der Waals surface area contributed by atoms with E-state index in [9.17, 15) is 9.90 Å². The zero-order chi connectivity index (χ0) is 22.1. The topological polar surface area (TPSA) is 105 Å². The van der Waals surface area contributed by atoms with Crippen molar-refractivity contribution in [2.24, 2.45) is 0 Å². The average Bonchev–Trinajstić information content (AvgIpc) is 3.45. The van der Waals surface area contributed by atoms with Gasteiger partial charge in [0, 0.05) is 54.7 Å². The van der Waals surface area contributed by atoms with E-state index in [4.69, 9.17) is 4.74 Å². The van der Waals surface area contributed by atoms with Gasteiger partial charge in [-0.2, -0.15) is 0 Å². The molecule has 0 spiro atoms. The molecular formula is C22H22N6O3S. The molecule has 1 amide bonds. The molecule has 1 fully saturated rings. The van der Waals surface area contributed by atoms with E-state index in [1.54, 1.807) is 47.8 Å². The lowest BCUT2D eigenvalue weighted by atomic mass is 10.2. The van der Waals surface area contributed by atoms with E-state index < -0.39 is 0 Å². The molecular weight excluding hydrogens is 428 g/mol. The molecule has 1 aliphatic heterocycles. The zero-order valence-electron chi connectivity index (χ0n) is 17.4. The molecule has 4 aromatic rings. The van der Waals surface area contributed by atoms with Gasteiger partial charge in [0.2, 0.25) is 5.88 Å². The van der Waals surface area contributed by atoms with Gasteiger partial charge in [-0.15, -0.1) is 11.3 Å². The van der Waals surface area contributed by atoms with Crippen LogP contribution >= 0.6 is 11.3 Å². The van der Waals surface area contributed by atoms with Crippen LogP contribution in [0.1, 0.15) is 10.5 Å². The number of nitrogens with one attached hydrogen (secondary N) is 2. The largest absolute Gasteiger partial charge is 0.497 e. The quantitative estimate of drug-likeness (QED) is 0.429. The van der Waals surface area contributed by atoms with Crippen LogP contribution in [0.4, 0.5) is 11.4 Å². The Morgan fingerprint density at radius 2 is 2.12 bits per heavy atom. The lowest BCUT2D eigenvalue weighted by molar-refractivity contribution is 0.102. The number of aromatic hydroxyl groups is 1. The molecule has 0 unspecified atom stereocenters. The fraction of sp³-hybridized carbons (Fsp3) is 0.227. The van der Waals surface area contributed by atoms with Crippen LogP contribution in [0.15, 0.2) is 48.2 Å². The molecule has 0 aliphatic carbocycles. The molecule has 10 heteroatoms. The van der Waals surface area contributed by atoms with Crippen LogP contribution in [0.3, 0.4) is 0 Å². The number of pyridine rings is 1. The zero-order valence-corrected chi connectivity index (χ0v) is 18.2. The van der Waals surface area contributed by atoms with Crippen LogP contribution < -0.4 is 20.3 Å². The number of thiazole rings is 1. The number of aromatic nitrogens is 3. The van der Waals surface area contributed by atoms with E-state index in [-0.39, 0.29) is 17.5 Å². The van der Waals surface area contributed by atoms with Crippen LogP contribution in [0.2, 0.25) is 0 Å². The first-order valence-electron chi connectivity index (χ1n) is 10.2. The summed E-state index contributed by atoms with van der Waals surface area (Å²) < 4.78 is 6.83. The SMILES string of the molecule is COc1ccc2c(O)n(-c3nc(C(=O)Nc4cnccc4N4CCNCC4)cs3)cc2c1. The van der Waals surface area contributed by atoms with Crippen molar-refractivity contribution in [1.82, 2.24) is 19.9 Å². The summed E-state index contributed by atoms with van der Waals surface area (Å²) in [6.07, 6.45) is 5.15. The summed E-state index contributed by atoms with van der Waals surface area (Å²) in [6, 6.07) is 7.33. The van der Waals surface area contributed by atoms with Crippen molar-refractivity contribution in [2.75, 3.05) is 43.5 Å². The molecule has 0 saturated carbocycles. The molecule has 164 valence electrons. The minimum atomic E-state index is -0.324. The van der Waals surface area contributed by atoms with Crippen molar-refractivity contribution in [1.29, 1.82) is 0 Å². The van der Waals surface area contributed by atoms with Crippen molar-refractivity contribution in [3.8, 4) is 16.8 Å². The number of amides is 1. The summed E-state index contributed by atoms with van der Waals surface area (Å²) >= 11 is 1.28. The van der Waals surface area contributed by atoms with Gasteiger partial charge in [0.1, 0.15) is 11.4 Å². The predicted octanol–water partition coefficient (Wildman–Crippen LogP) is 2.86. The van der Waals surface area contributed by atoms with Gasteiger partial charge in [-0.05, 0) is 24.3 Å². The molecule has 1 aliphatic rings. The lowest BCUT2D eigenvalue weighted by Gasteiger charge is -2.30. The molecule has 0 atom stereocenters. The molecule has 1 aromatic carbocycles. The van der Waals surface area contributed by atoms with E-state index >= 15 is 0 Å². The number of nitrogens with zero attached hydrogens (tertiary/aromatic N) is 4. The third kappa shape index (κ3) is 3.74. The third-order valence-electron chi connectivity index (χ3n) is 5.43. The Morgan fingerprint density at radius 1 is 1.28 bits per heavy atom. The normalized spacial score (nSPS) is 14.0.